The zero-order chi connectivity index (χ0) is 10.6. The maximum atomic E-state index is 11.5. The van der Waals surface area contributed by atoms with E-state index in [1.807, 2.05) is 14.1 Å². The molecule has 1 fully saturated rings. The number of rotatable bonds is 2. The summed E-state index contributed by atoms with van der Waals surface area (Å²) in [5, 5.41) is 8.91. The Bertz CT molecular complexity index is 288. The molecule has 0 N–H and O–H groups in total. The molecule has 1 aliphatic rings. The highest BCUT2D eigenvalue weighted by molar-refractivity contribution is 5.79. The summed E-state index contributed by atoms with van der Waals surface area (Å²) in [6.45, 7) is 0.673. The van der Waals surface area contributed by atoms with Crippen molar-refractivity contribution in [3.8, 4) is 6.07 Å². The van der Waals surface area contributed by atoms with E-state index in [4.69, 9.17) is 5.26 Å². The Balaban J connectivity index is 2.79. The van der Waals surface area contributed by atoms with Crippen LogP contribution in [0.1, 0.15) is 19.3 Å². The van der Waals surface area contributed by atoms with Gasteiger partial charge in [-0.05, 0) is 12.8 Å². The van der Waals surface area contributed by atoms with E-state index in [1.165, 1.54) is 0 Å². The van der Waals surface area contributed by atoms with Crippen molar-refractivity contribution in [2.45, 2.75) is 19.3 Å². The second-order valence-electron chi connectivity index (χ2n) is 3.59. The highest BCUT2D eigenvalue weighted by Gasteiger charge is 2.21. The third kappa shape index (κ3) is 2.49. The molecule has 1 aliphatic heterocycles. The van der Waals surface area contributed by atoms with Gasteiger partial charge in [-0.15, -0.1) is 0 Å². The van der Waals surface area contributed by atoms with Gasteiger partial charge in [-0.3, -0.25) is 4.79 Å². The first-order valence-corrected chi connectivity index (χ1v) is 4.74. The average Bonchev–Trinajstić information content (AvgIpc) is 2.15. The van der Waals surface area contributed by atoms with E-state index in [0.29, 0.717) is 18.7 Å². The van der Waals surface area contributed by atoms with Crippen LogP contribution in [0.4, 0.5) is 0 Å². The van der Waals surface area contributed by atoms with E-state index in [1.54, 1.807) is 16.0 Å². The molecule has 76 valence electrons. The normalized spacial score (nSPS) is 17.9. The lowest BCUT2D eigenvalue weighted by Crippen LogP contribution is -2.34. The van der Waals surface area contributed by atoms with Crippen molar-refractivity contribution < 1.29 is 4.79 Å². The van der Waals surface area contributed by atoms with Gasteiger partial charge in [-0.25, -0.2) is 0 Å². The molecular formula is C10H15N3O. The number of nitrogens with zero attached hydrogens (tertiary/aromatic N) is 3. The predicted molar refractivity (Wildman–Crippen MR) is 52.9 cm³/mol. The van der Waals surface area contributed by atoms with Crippen molar-refractivity contribution in [3.63, 3.8) is 0 Å². The molecular weight excluding hydrogens is 178 g/mol. The van der Waals surface area contributed by atoms with E-state index in [9.17, 15) is 4.79 Å². The van der Waals surface area contributed by atoms with Gasteiger partial charge < -0.3 is 9.80 Å². The van der Waals surface area contributed by atoms with Gasteiger partial charge in [0.1, 0.15) is 11.8 Å². The van der Waals surface area contributed by atoms with Gasteiger partial charge in [0.05, 0.1) is 0 Å². The molecule has 0 spiro atoms. The Labute approximate surface area is 84.4 Å². The number of nitriles is 1. The number of carbonyl (C=O) groups excluding carboxylic acids is 1. The smallest absolute Gasteiger partial charge is 0.227 e. The molecule has 0 aliphatic carbocycles. The standard InChI is InChI=1S/C10H15N3O/c1-12(2)8-9(7-11)13-6-4-3-5-10(13)14/h8H,3-6H2,1-2H3/b9-8+. The first kappa shape index (κ1) is 10.6. The SMILES string of the molecule is CN(C)/C=C(\C#N)N1CCCCC1=O. The topological polar surface area (TPSA) is 47.3 Å². The second kappa shape index (κ2) is 4.66. The fourth-order valence-electron chi connectivity index (χ4n) is 1.46. The van der Waals surface area contributed by atoms with Crippen molar-refractivity contribution >= 4 is 5.91 Å². The Morgan fingerprint density at radius 3 is 2.79 bits per heavy atom. The molecule has 0 atom stereocenters. The molecule has 4 heteroatoms. The summed E-state index contributed by atoms with van der Waals surface area (Å²) in [7, 11) is 3.68. The van der Waals surface area contributed by atoms with Crippen molar-refractivity contribution in [2.75, 3.05) is 20.6 Å². The number of carbonyl (C=O) groups is 1. The van der Waals surface area contributed by atoms with Gasteiger partial charge in [0.25, 0.3) is 0 Å². The average molecular weight is 193 g/mol. The minimum absolute atomic E-state index is 0.0610. The molecule has 4 nitrogen and oxygen atoms in total. The maximum absolute atomic E-state index is 11.5. The van der Waals surface area contributed by atoms with Gasteiger partial charge in [-0.2, -0.15) is 5.26 Å². The molecule has 1 heterocycles. The highest BCUT2D eigenvalue weighted by Crippen LogP contribution is 2.15. The quantitative estimate of drug-likeness (QED) is 0.613. The van der Waals surface area contributed by atoms with Crippen molar-refractivity contribution in [2.24, 2.45) is 0 Å². The highest BCUT2D eigenvalue weighted by atomic mass is 16.2. The van der Waals surface area contributed by atoms with E-state index in [0.717, 1.165) is 12.8 Å². The zero-order valence-electron chi connectivity index (χ0n) is 8.66. The molecule has 0 aromatic heterocycles. The van der Waals surface area contributed by atoms with Crippen LogP contribution in [0.15, 0.2) is 11.9 Å². The van der Waals surface area contributed by atoms with Crippen LogP contribution in [0.3, 0.4) is 0 Å². The van der Waals surface area contributed by atoms with Crippen LogP contribution in [-0.2, 0) is 4.79 Å². The Morgan fingerprint density at radius 1 is 1.57 bits per heavy atom. The lowest BCUT2D eigenvalue weighted by Gasteiger charge is -2.26. The number of allylic oxidation sites excluding steroid dienone is 1. The van der Waals surface area contributed by atoms with Crippen LogP contribution in [0, 0.1) is 11.3 Å². The lowest BCUT2D eigenvalue weighted by molar-refractivity contribution is -0.130. The molecule has 1 rings (SSSR count). The fraction of sp³-hybridized carbons (Fsp3) is 0.600. The van der Waals surface area contributed by atoms with Crippen LogP contribution in [0.2, 0.25) is 0 Å². The summed E-state index contributed by atoms with van der Waals surface area (Å²) in [6, 6.07) is 2.06. The van der Waals surface area contributed by atoms with Gasteiger partial charge in [-0.1, -0.05) is 0 Å². The monoisotopic (exact) mass is 193 g/mol. The largest absolute Gasteiger partial charge is 0.381 e. The molecule has 0 unspecified atom stereocenters. The van der Waals surface area contributed by atoms with Gasteiger partial charge in [0.2, 0.25) is 5.91 Å². The summed E-state index contributed by atoms with van der Waals surface area (Å²) in [5.74, 6) is 0.0610. The minimum atomic E-state index is 0.0610. The number of hydrogen-bond acceptors (Lipinski definition) is 3. The van der Waals surface area contributed by atoms with Gasteiger partial charge in [0, 0.05) is 33.3 Å². The zero-order valence-corrected chi connectivity index (χ0v) is 8.66. The summed E-state index contributed by atoms with van der Waals surface area (Å²) >= 11 is 0. The maximum Gasteiger partial charge on any atom is 0.227 e. The van der Waals surface area contributed by atoms with E-state index >= 15 is 0 Å². The second-order valence-corrected chi connectivity index (χ2v) is 3.59. The third-order valence-corrected chi connectivity index (χ3v) is 2.11. The predicted octanol–water partition coefficient (Wildman–Crippen LogP) is 0.925. The molecule has 0 radical (unpaired) electrons. The summed E-state index contributed by atoms with van der Waals surface area (Å²) < 4.78 is 0. The fourth-order valence-corrected chi connectivity index (χ4v) is 1.46. The molecule has 0 aromatic carbocycles. The van der Waals surface area contributed by atoms with Crippen LogP contribution >= 0.6 is 0 Å². The minimum Gasteiger partial charge on any atom is -0.381 e. The molecule has 1 saturated heterocycles. The molecule has 0 aromatic rings. The summed E-state index contributed by atoms with van der Waals surface area (Å²) in [4.78, 5) is 14.8. The van der Waals surface area contributed by atoms with Gasteiger partial charge in [0.15, 0.2) is 0 Å². The summed E-state index contributed by atoms with van der Waals surface area (Å²) in [6.07, 6.45) is 4.17. The number of amides is 1. The van der Waals surface area contributed by atoms with Crippen molar-refractivity contribution in [1.82, 2.24) is 9.80 Å². The third-order valence-electron chi connectivity index (χ3n) is 2.11. The van der Waals surface area contributed by atoms with E-state index in [-0.39, 0.29) is 5.91 Å². The first-order valence-electron chi connectivity index (χ1n) is 4.74. The number of piperidine rings is 1. The first-order chi connectivity index (χ1) is 6.65. The Kier molecular flexibility index (Phi) is 3.52. The number of hydrogen-bond donors (Lipinski definition) is 0. The lowest BCUT2D eigenvalue weighted by atomic mass is 10.1. The van der Waals surface area contributed by atoms with Crippen LogP contribution in [-0.4, -0.2) is 36.3 Å². The van der Waals surface area contributed by atoms with Crippen LogP contribution in [0.25, 0.3) is 0 Å². The van der Waals surface area contributed by atoms with Crippen LogP contribution < -0.4 is 0 Å². The number of likely N-dealkylation sites (tertiary alicyclic amines) is 1. The molecule has 1 amide bonds. The van der Waals surface area contributed by atoms with Crippen LogP contribution in [0.5, 0.6) is 0 Å². The van der Waals surface area contributed by atoms with E-state index < -0.39 is 0 Å². The van der Waals surface area contributed by atoms with Gasteiger partial charge >= 0.3 is 0 Å². The summed E-state index contributed by atoms with van der Waals surface area (Å²) in [5.41, 5.74) is 0.444. The molecule has 14 heavy (non-hydrogen) atoms. The molecule has 0 bridgehead atoms. The Morgan fingerprint density at radius 2 is 2.29 bits per heavy atom. The van der Waals surface area contributed by atoms with Crippen molar-refractivity contribution in [1.29, 1.82) is 5.26 Å². The molecule has 0 saturated carbocycles. The Hall–Kier alpha value is -1.50. The van der Waals surface area contributed by atoms with Crippen molar-refractivity contribution in [3.05, 3.63) is 11.9 Å². The van der Waals surface area contributed by atoms with E-state index in [2.05, 4.69) is 6.07 Å².